The fourth-order valence-corrected chi connectivity index (χ4v) is 2.18. The zero-order valence-electron chi connectivity index (χ0n) is 9.29. The second-order valence-corrected chi connectivity index (χ2v) is 4.29. The molecule has 0 bridgehead atoms. The maximum atomic E-state index is 5.50. The van der Waals surface area contributed by atoms with E-state index >= 15 is 0 Å². The lowest BCUT2D eigenvalue weighted by Gasteiger charge is -2.18. The van der Waals surface area contributed by atoms with Crippen molar-refractivity contribution < 1.29 is 4.74 Å². The average Bonchev–Trinajstić information content (AvgIpc) is 2.25. The SMILES string of the molecule is CCOCC(CNC)c1ccccc1Br. The third-order valence-corrected chi connectivity index (χ3v) is 3.04. The largest absolute Gasteiger partial charge is 0.381 e. The number of rotatable bonds is 6. The normalized spacial score (nSPS) is 12.7. The monoisotopic (exact) mass is 271 g/mol. The zero-order valence-corrected chi connectivity index (χ0v) is 10.9. The highest BCUT2D eigenvalue weighted by atomic mass is 79.9. The lowest BCUT2D eigenvalue weighted by Crippen LogP contribution is -2.21. The third-order valence-electron chi connectivity index (χ3n) is 2.32. The molecule has 0 fully saturated rings. The van der Waals surface area contributed by atoms with E-state index in [1.54, 1.807) is 0 Å². The number of hydrogen-bond acceptors (Lipinski definition) is 2. The minimum absolute atomic E-state index is 0.408. The molecule has 0 aliphatic heterocycles. The molecule has 0 aromatic heterocycles. The molecule has 0 saturated carbocycles. The molecule has 0 spiro atoms. The highest BCUT2D eigenvalue weighted by molar-refractivity contribution is 9.10. The van der Waals surface area contributed by atoms with Gasteiger partial charge in [0.25, 0.3) is 0 Å². The van der Waals surface area contributed by atoms with Crippen molar-refractivity contribution in [3.05, 3.63) is 34.3 Å². The highest BCUT2D eigenvalue weighted by Gasteiger charge is 2.13. The lowest BCUT2D eigenvalue weighted by molar-refractivity contribution is 0.132. The Morgan fingerprint density at radius 3 is 2.73 bits per heavy atom. The van der Waals surface area contributed by atoms with Crippen LogP contribution in [0, 0.1) is 0 Å². The van der Waals surface area contributed by atoms with Crippen LogP contribution in [0.15, 0.2) is 28.7 Å². The average molecular weight is 272 g/mol. The van der Waals surface area contributed by atoms with Crippen molar-refractivity contribution in [3.8, 4) is 0 Å². The quantitative estimate of drug-likeness (QED) is 0.859. The topological polar surface area (TPSA) is 21.3 Å². The number of hydrogen-bond donors (Lipinski definition) is 1. The first kappa shape index (κ1) is 12.7. The number of benzene rings is 1. The van der Waals surface area contributed by atoms with E-state index in [0.29, 0.717) is 5.92 Å². The molecule has 0 radical (unpaired) electrons. The van der Waals surface area contributed by atoms with Crippen molar-refractivity contribution >= 4 is 15.9 Å². The lowest BCUT2D eigenvalue weighted by atomic mass is 10.0. The maximum absolute atomic E-state index is 5.50. The van der Waals surface area contributed by atoms with Gasteiger partial charge in [0.2, 0.25) is 0 Å². The molecule has 1 N–H and O–H groups in total. The number of ether oxygens (including phenoxy) is 1. The first-order valence-electron chi connectivity index (χ1n) is 5.26. The molecule has 1 aromatic rings. The van der Waals surface area contributed by atoms with Crippen LogP contribution < -0.4 is 5.32 Å². The van der Waals surface area contributed by atoms with Gasteiger partial charge in [0.15, 0.2) is 0 Å². The molecular formula is C12H18BrNO. The van der Waals surface area contributed by atoms with Gasteiger partial charge < -0.3 is 10.1 Å². The van der Waals surface area contributed by atoms with Gasteiger partial charge in [0, 0.05) is 23.5 Å². The summed E-state index contributed by atoms with van der Waals surface area (Å²) in [5.74, 6) is 0.408. The van der Waals surface area contributed by atoms with Crippen LogP contribution in [0.4, 0.5) is 0 Å². The van der Waals surface area contributed by atoms with Crippen molar-refractivity contribution in [2.24, 2.45) is 0 Å². The van der Waals surface area contributed by atoms with E-state index in [4.69, 9.17) is 4.74 Å². The summed E-state index contributed by atoms with van der Waals surface area (Å²) in [5, 5.41) is 3.20. The summed E-state index contributed by atoms with van der Waals surface area (Å²) in [6.45, 7) is 4.49. The van der Waals surface area contributed by atoms with Gasteiger partial charge in [-0.3, -0.25) is 0 Å². The molecular weight excluding hydrogens is 254 g/mol. The molecule has 3 heteroatoms. The molecule has 0 aliphatic carbocycles. The van der Waals surface area contributed by atoms with Gasteiger partial charge in [-0.1, -0.05) is 34.1 Å². The minimum atomic E-state index is 0.408. The van der Waals surface area contributed by atoms with Gasteiger partial charge >= 0.3 is 0 Å². The van der Waals surface area contributed by atoms with Crippen molar-refractivity contribution in [2.75, 3.05) is 26.8 Å². The summed E-state index contributed by atoms with van der Waals surface area (Å²) in [6.07, 6.45) is 0. The Hall–Kier alpha value is -0.380. The predicted octanol–water partition coefficient (Wildman–Crippen LogP) is 2.79. The second-order valence-electron chi connectivity index (χ2n) is 3.44. The summed E-state index contributed by atoms with van der Waals surface area (Å²) in [5.41, 5.74) is 1.31. The van der Waals surface area contributed by atoms with E-state index in [1.807, 2.05) is 20.0 Å². The summed E-state index contributed by atoms with van der Waals surface area (Å²) in [4.78, 5) is 0. The van der Waals surface area contributed by atoms with Crippen molar-refractivity contribution in [3.63, 3.8) is 0 Å². The highest BCUT2D eigenvalue weighted by Crippen LogP contribution is 2.24. The van der Waals surface area contributed by atoms with Crippen molar-refractivity contribution in [2.45, 2.75) is 12.8 Å². The summed E-state index contributed by atoms with van der Waals surface area (Å²) >= 11 is 3.58. The molecule has 1 unspecified atom stereocenters. The molecule has 84 valence electrons. The van der Waals surface area contributed by atoms with Crippen LogP contribution in [0.1, 0.15) is 18.4 Å². The fourth-order valence-electron chi connectivity index (χ4n) is 1.57. The van der Waals surface area contributed by atoms with E-state index in [0.717, 1.165) is 24.2 Å². The number of nitrogens with one attached hydrogen (secondary N) is 1. The Morgan fingerprint density at radius 1 is 1.40 bits per heavy atom. The molecule has 2 nitrogen and oxygen atoms in total. The van der Waals surface area contributed by atoms with E-state index in [1.165, 1.54) is 5.56 Å². The Kier molecular flexibility index (Phi) is 5.91. The molecule has 0 saturated heterocycles. The number of likely N-dealkylation sites (N-methyl/N-ethyl adjacent to an activating group) is 1. The first-order chi connectivity index (χ1) is 7.29. The summed E-state index contributed by atoms with van der Waals surface area (Å²) in [7, 11) is 1.97. The Bertz CT molecular complexity index is 291. The van der Waals surface area contributed by atoms with E-state index in [-0.39, 0.29) is 0 Å². The fraction of sp³-hybridized carbons (Fsp3) is 0.500. The Balaban J connectivity index is 2.74. The van der Waals surface area contributed by atoms with Crippen LogP contribution >= 0.6 is 15.9 Å². The smallest absolute Gasteiger partial charge is 0.0547 e. The summed E-state index contributed by atoms with van der Waals surface area (Å²) < 4.78 is 6.65. The molecule has 1 rings (SSSR count). The van der Waals surface area contributed by atoms with E-state index < -0.39 is 0 Å². The number of halogens is 1. The summed E-state index contributed by atoms with van der Waals surface area (Å²) in [6, 6.07) is 8.31. The van der Waals surface area contributed by atoms with Crippen LogP contribution in [-0.4, -0.2) is 26.8 Å². The molecule has 0 heterocycles. The van der Waals surface area contributed by atoms with Gasteiger partial charge in [0.05, 0.1) is 6.61 Å². The molecule has 15 heavy (non-hydrogen) atoms. The van der Waals surface area contributed by atoms with Gasteiger partial charge in [-0.25, -0.2) is 0 Å². The minimum Gasteiger partial charge on any atom is -0.381 e. The van der Waals surface area contributed by atoms with Crippen LogP contribution in [0.3, 0.4) is 0 Å². The zero-order chi connectivity index (χ0) is 11.1. The van der Waals surface area contributed by atoms with Gasteiger partial charge in [-0.15, -0.1) is 0 Å². The first-order valence-corrected chi connectivity index (χ1v) is 6.05. The van der Waals surface area contributed by atoms with E-state index in [9.17, 15) is 0 Å². The van der Waals surface area contributed by atoms with Crippen molar-refractivity contribution in [1.29, 1.82) is 0 Å². The van der Waals surface area contributed by atoms with Gasteiger partial charge in [-0.05, 0) is 25.6 Å². The Morgan fingerprint density at radius 2 is 2.13 bits per heavy atom. The second kappa shape index (κ2) is 6.99. The van der Waals surface area contributed by atoms with Crippen LogP contribution in [0.25, 0.3) is 0 Å². The third kappa shape index (κ3) is 3.93. The standard InChI is InChI=1S/C12H18BrNO/c1-3-15-9-10(8-14-2)11-6-4-5-7-12(11)13/h4-7,10,14H,3,8-9H2,1-2H3. The van der Waals surface area contributed by atoms with Crippen LogP contribution in [0.2, 0.25) is 0 Å². The Labute approximate surface area is 100 Å². The van der Waals surface area contributed by atoms with Crippen LogP contribution in [-0.2, 0) is 4.74 Å². The maximum Gasteiger partial charge on any atom is 0.0547 e. The molecule has 1 atom stereocenters. The van der Waals surface area contributed by atoms with Crippen LogP contribution in [0.5, 0.6) is 0 Å². The molecule has 1 aromatic carbocycles. The van der Waals surface area contributed by atoms with E-state index in [2.05, 4.69) is 39.4 Å². The predicted molar refractivity (Wildman–Crippen MR) is 67.3 cm³/mol. The molecule has 0 amide bonds. The molecule has 0 aliphatic rings. The van der Waals surface area contributed by atoms with Gasteiger partial charge in [0.1, 0.15) is 0 Å². The van der Waals surface area contributed by atoms with Crippen molar-refractivity contribution in [1.82, 2.24) is 5.32 Å². The van der Waals surface area contributed by atoms with Gasteiger partial charge in [-0.2, -0.15) is 0 Å².